The first-order valence-corrected chi connectivity index (χ1v) is 6.81. The van der Waals surface area contributed by atoms with Gasteiger partial charge in [0.05, 0.1) is 5.56 Å². The van der Waals surface area contributed by atoms with Crippen LogP contribution in [-0.2, 0) is 6.42 Å². The summed E-state index contributed by atoms with van der Waals surface area (Å²) in [6, 6.07) is 11.3. The van der Waals surface area contributed by atoms with Crippen LogP contribution in [0, 0.1) is 0 Å². The zero-order valence-corrected chi connectivity index (χ0v) is 11.6. The van der Waals surface area contributed by atoms with Crippen molar-refractivity contribution in [2.24, 2.45) is 0 Å². The van der Waals surface area contributed by atoms with Crippen LogP contribution in [0.4, 0.5) is 11.5 Å². The molecule has 1 aromatic carbocycles. The molecule has 4 nitrogen and oxygen atoms in total. The van der Waals surface area contributed by atoms with Gasteiger partial charge in [-0.3, -0.25) is 4.79 Å². The molecule has 0 aliphatic heterocycles. The molecule has 1 aromatic heterocycles. The van der Waals surface area contributed by atoms with E-state index < -0.39 is 0 Å². The second-order valence-electron chi connectivity index (χ2n) is 4.69. The number of nitrogen functional groups attached to an aromatic ring is 1. The molecule has 0 spiro atoms. The largest absolute Gasteiger partial charge is 0.383 e. The second kappa shape index (κ2) is 6.70. The summed E-state index contributed by atoms with van der Waals surface area (Å²) in [5.74, 6) is 0.00136. The van der Waals surface area contributed by atoms with E-state index in [0.29, 0.717) is 5.56 Å². The SMILES string of the molecule is CCCCc1ccc(NC(=O)c2cccnc2N)cc1. The minimum atomic E-state index is -0.239. The monoisotopic (exact) mass is 269 g/mol. The Hall–Kier alpha value is -2.36. The van der Waals surface area contributed by atoms with Gasteiger partial charge in [-0.05, 0) is 42.7 Å². The molecule has 0 fully saturated rings. The number of carbonyl (C=O) groups is 1. The van der Waals surface area contributed by atoms with Crippen molar-refractivity contribution in [1.82, 2.24) is 4.98 Å². The molecule has 4 heteroatoms. The first-order valence-electron chi connectivity index (χ1n) is 6.81. The maximum Gasteiger partial charge on any atom is 0.259 e. The Morgan fingerprint density at radius 1 is 1.25 bits per heavy atom. The Balaban J connectivity index is 2.03. The third-order valence-corrected chi connectivity index (χ3v) is 3.11. The minimum absolute atomic E-state index is 0.239. The predicted octanol–water partition coefficient (Wildman–Crippen LogP) is 3.26. The molecular formula is C16H19N3O. The van der Waals surface area contributed by atoms with Gasteiger partial charge in [-0.1, -0.05) is 25.5 Å². The van der Waals surface area contributed by atoms with Gasteiger partial charge in [0, 0.05) is 11.9 Å². The summed E-state index contributed by atoms with van der Waals surface area (Å²) < 4.78 is 0. The number of hydrogen-bond acceptors (Lipinski definition) is 3. The number of nitrogens with zero attached hydrogens (tertiary/aromatic N) is 1. The number of rotatable bonds is 5. The number of benzene rings is 1. The summed E-state index contributed by atoms with van der Waals surface area (Å²) in [5, 5.41) is 2.82. The van der Waals surface area contributed by atoms with Gasteiger partial charge >= 0.3 is 0 Å². The molecule has 0 aliphatic carbocycles. The van der Waals surface area contributed by atoms with Crippen molar-refractivity contribution in [2.45, 2.75) is 26.2 Å². The van der Waals surface area contributed by atoms with Crippen LogP contribution in [0.3, 0.4) is 0 Å². The third-order valence-electron chi connectivity index (χ3n) is 3.11. The number of pyridine rings is 1. The summed E-state index contributed by atoms with van der Waals surface area (Å²) in [6.07, 6.45) is 4.99. The van der Waals surface area contributed by atoms with Gasteiger partial charge in [0.15, 0.2) is 0 Å². The lowest BCUT2D eigenvalue weighted by molar-refractivity contribution is 0.102. The average molecular weight is 269 g/mol. The average Bonchev–Trinajstić information content (AvgIpc) is 2.47. The zero-order valence-electron chi connectivity index (χ0n) is 11.6. The van der Waals surface area contributed by atoms with E-state index in [-0.39, 0.29) is 11.7 Å². The smallest absolute Gasteiger partial charge is 0.259 e. The first-order chi connectivity index (χ1) is 9.70. The molecule has 0 unspecified atom stereocenters. The fraction of sp³-hybridized carbons (Fsp3) is 0.250. The number of aromatic nitrogens is 1. The van der Waals surface area contributed by atoms with E-state index in [9.17, 15) is 4.79 Å². The standard InChI is InChI=1S/C16H19N3O/c1-2-3-5-12-7-9-13(10-8-12)19-16(20)14-6-4-11-18-15(14)17/h4,6-11H,2-3,5H2,1H3,(H2,17,18)(H,19,20). The normalized spacial score (nSPS) is 10.2. The van der Waals surface area contributed by atoms with E-state index >= 15 is 0 Å². The van der Waals surface area contributed by atoms with Crippen molar-refractivity contribution in [3.8, 4) is 0 Å². The van der Waals surface area contributed by atoms with E-state index in [2.05, 4.69) is 17.2 Å². The van der Waals surface area contributed by atoms with Gasteiger partial charge in [-0.15, -0.1) is 0 Å². The van der Waals surface area contributed by atoms with Gasteiger partial charge < -0.3 is 11.1 Å². The highest BCUT2D eigenvalue weighted by atomic mass is 16.1. The molecule has 2 rings (SSSR count). The Kier molecular flexibility index (Phi) is 4.71. The molecule has 0 radical (unpaired) electrons. The number of unbranched alkanes of at least 4 members (excludes halogenated alkanes) is 1. The second-order valence-corrected chi connectivity index (χ2v) is 4.69. The van der Waals surface area contributed by atoms with Gasteiger partial charge in [-0.2, -0.15) is 0 Å². The number of anilines is 2. The van der Waals surface area contributed by atoms with E-state index in [1.807, 2.05) is 24.3 Å². The van der Waals surface area contributed by atoms with Gasteiger partial charge in [-0.25, -0.2) is 4.98 Å². The van der Waals surface area contributed by atoms with E-state index in [1.54, 1.807) is 18.3 Å². The highest BCUT2D eigenvalue weighted by molar-refractivity contribution is 6.07. The zero-order chi connectivity index (χ0) is 14.4. The maximum atomic E-state index is 12.1. The highest BCUT2D eigenvalue weighted by Crippen LogP contribution is 2.14. The number of carbonyl (C=O) groups excluding carboxylic acids is 1. The molecule has 20 heavy (non-hydrogen) atoms. The van der Waals surface area contributed by atoms with Crippen molar-refractivity contribution in [3.05, 3.63) is 53.7 Å². The number of amides is 1. The molecule has 104 valence electrons. The number of nitrogens with one attached hydrogen (secondary N) is 1. The molecule has 0 saturated carbocycles. The lowest BCUT2D eigenvalue weighted by atomic mass is 10.1. The Bertz CT molecular complexity index is 579. The fourth-order valence-electron chi connectivity index (χ4n) is 1.94. The van der Waals surface area contributed by atoms with E-state index in [4.69, 9.17) is 5.73 Å². The van der Waals surface area contributed by atoms with Crippen LogP contribution in [0.25, 0.3) is 0 Å². The van der Waals surface area contributed by atoms with E-state index in [1.165, 1.54) is 18.4 Å². The fourth-order valence-corrected chi connectivity index (χ4v) is 1.94. The third kappa shape index (κ3) is 3.57. The van der Waals surface area contributed by atoms with Gasteiger partial charge in [0.2, 0.25) is 0 Å². The molecule has 0 atom stereocenters. The highest BCUT2D eigenvalue weighted by Gasteiger charge is 2.09. The van der Waals surface area contributed by atoms with Crippen molar-refractivity contribution in [1.29, 1.82) is 0 Å². The minimum Gasteiger partial charge on any atom is -0.383 e. The van der Waals surface area contributed by atoms with Crippen molar-refractivity contribution < 1.29 is 4.79 Å². The van der Waals surface area contributed by atoms with Gasteiger partial charge in [0.25, 0.3) is 5.91 Å². The summed E-state index contributed by atoms with van der Waals surface area (Å²) in [6.45, 7) is 2.17. The van der Waals surface area contributed by atoms with Crippen LogP contribution >= 0.6 is 0 Å². The predicted molar refractivity (Wildman–Crippen MR) is 81.7 cm³/mol. The molecular weight excluding hydrogens is 250 g/mol. The molecule has 0 bridgehead atoms. The molecule has 1 heterocycles. The van der Waals surface area contributed by atoms with E-state index in [0.717, 1.165) is 12.1 Å². The lowest BCUT2D eigenvalue weighted by Gasteiger charge is -2.07. The molecule has 1 amide bonds. The topological polar surface area (TPSA) is 68.0 Å². The summed E-state index contributed by atoms with van der Waals surface area (Å²) >= 11 is 0. The Morgan fingerprint density at radius 2 is 2.00 bits per heavy atom. The molecule has 3 N–H and O–H groups in total. The van der Waals surface area contributed by atoms with Crippen LogP contribution in [0.1, 0.15) is 35.7 Å². The summed E-state index contributed by atoms with van der Waals surface area (Å²) in [5.41, 5.74) is 8.12. The van der Waals surface area contributed by atoms with Crippen LogP contribution in [0.2, 0.25) is 0 Å². The summed E-state index contributed by atoms with van der Waals surface area (Å²) in [7, 11) is 0. The van der Waals surface area contributed by atoms with Crippen LogP contribution in [0.15, 0.2) is 42.6 Å². The Morgan fingerprint density at radius 3 is 2.65 bits per heavy atom. The van der Waals surface area contributed by atoms with Crippen molar-refractivity contribution >= 4 is 17.4 Å². The first kappa shape index (κ1) is 14.1. The van der Waals surface area contributed by atoms with Crippen molar-refractivity contribution in [2.75, 3.05) is 11.1 Å². The molecule has 0 aliphatic rings. The lowest BCUT2D eigenvalue weighted by Crippen LogP contribution is -2.14. The van der Waals surface area contributed by atoms with Crippen molar-refractivity contribution in [3.63, 3.8) is 0 Å². The number of aryl methyl sites for hydroxylation is 1. The number of nitrogens with two attached hydrogens (primary N) is 1. The number of hydrogen-bond donors (Lipinski definition) is 2. The quantitative estimate of drug-likeness (QED) is 0.875. The van der Waals surface area contributed by atoms with Crippen LogP contribution in [-0.4, -0.2) is 10.9 Å². The summed E-state index contributed by atoms with van der Waals surface area (Å²) in [4.78, 5) is 16.0. The van der Waals surface area contributed by atoms with Gasteiger partial charge in [0.1, 0.15) is 5.82 Å². The molecule has 0 saturated heterocycles. The van der Waals surface area contributed by atoms with Crippen LogP contribution < -0.4 is 11.1 Å². The Labute approximate surface area is 119 Å². The molecule has 2 aromatic rings. The maximum absolute atomic E-state index is 12.1. The van der Waals surface area contributed by atoms with Crippen LogP contribution in [0.5, 0.6) is 0 Å².